The molecule has 1 aromatic rings. The third kappa shape index (κ3) is 3.93. The summed E-state index contributed by atoms with van der Waals surface area (Å²) < 4.78 is 5.12. The van der Waals surface area contributed by atoms with E-state index in [9.17, 15) is 4.79 Å². The number of hydrogen-bond acceptors (Lipinski definition) is 3. The Morgan fingerprint density at radius 2 is 1.95 bits per heavy atom. The van der Waals surface area contributed by atoms with Gasteiger partial charge < -0.3 is 14.5 Å². The van der Waals surface area contributed by atoms with Crippen LogP contribution in [-0.2, 0) is 4.74 Å². The molecule has 1 saturated heterocycles. The molecule has 0 saturated carbocycles. The number of nitrogens with zero attached hydrogens (tertiary/aromatic N) is 2. The summed E-state index contributed by atoms with van der Waals surface area (Å²) >= 11 is 11.9. The number of piperazine rings is 1. The molecule has 1 aliphatic heterocycles. The van der Waals surface area contributed by atoms with Crippen molar-refractivity contribution in [2.45, 2.75) is 12.3 Å². The number of benzene rings is 1. The minimum atomic E-state index is -0.295. The number of carbonyl (C=O) groups excluding carboxylic acids is 1. The SMILES string of the molecule is CC(Cl)COC(=O)N1CCN(c2ccccc2Cl)CC1. The van der Waals surface area contributed by atoms with E-state index in [1.54, 1.807) is 11.8 Å². The molecule has 0 radical (unpaired) electrons. The van der Waals surface area contributed by atoms with E-state index in [-0.39, 0.29) is 18.1 Å². The maximum atomic E-state index is 11.8. The van der Waals surface area contributed by atoms with Crippen LogP contribution in [0.1, 0.15) is 6.92 Å². The highest BCUT2D eigenvalue weighted by Gasteiger charge is 2.23. The summed E-state index contributed by atoms with van der Waals surface area (Å²) in [7, 11) is 0. The van der Waals surface area contributed by atoms with Crippen LogP contribution in [0.4, 0.5) is 10.5 Å². The van der Waals surface area contributed by atoms with E-state index in [1.165, 1.54) is 0 Å². The van der Waals surface area contributed by atoms with Crippen LogP contribution in [0.2, 0.25) is 5.02 Å². The Balaban J connectivity index is 1.86. The van der Waals surface area contributed by atoms with Gasteiger partial charge in [-0.3, -0.25) is 0 Å². The van der Waals surface area contributed by atoms with Gasteiger partial charge in [-0.15, -0.1) is 11.6 Å². The summed E-state index contributed by atoms with van der Waals surface area (Å²) in [5.41, 5.74) is 1.01. The van der Waals surface area contributed by atoms with Crippen LogP contribution in [0, 0.1) is 0 Å². The first-order valence-corrected chi connectivity index (χ1v) is 7.44. The Bertz CT molecular complexity index is 460. The monoisotopic (exact) mass is 316 g/mol. The van der Waals surface area contributed by atoms with Crippen molar-refractivity contribution in [2.75, 3.05) is 37.7 Å². The molecule has 110 valence electrons. The van der Waals surface area contributed by atoms with Gasteiger partial charge in [-0.25, -0.2) is 4.79 Å². The molecule has 20 heavy (non-hydrogen) atoms. The molecule has 0 spiro atoms. The number of amides is 1. The Hall–Kier alpha value is -1.13. The van der Waals surface area contributed by atoms with Crippen LogP contribution in [0.5, 0.6) is 0 Å². The van der Waals surface area contributed by atoms with Gasteiger partial charge >= 0.3 is 6.09 Å². The number of alkyl halides is 1. The van der Waals surface area contributed by atoms with E-state index in [0.717, 1.165) is 23.8 Å². The normalized spacial score (nSPS) is 16.9. The summed E-state index contributed by atoms with van der Waals surface area (Å²) in [4.78, 5) is 15.7. The van der Waals surface area contributed by atoms with E-state index in [0.29, 0.717) is 13.1 Å². The average Bonchev–Trinajstić information content (AvgIpc) is 2.45. The number of carbonyl (C=O) groups is 1. The molecular formula is C14H18Cl2N2O2. The lowest BCUT2D eigenvalue weighted by atomic mass is 10.2. The zero-order chi connectivity index (χ0) is 14.5. The van der Waals surface area contributed by atoms with Gasteiger partial charge in [0.1, 0.15) is 6.61 Å². The van der Waals surface area contributed by atoms with Gasteiger partial charge in [0.05, 0.1) is 16.1 Å². The van der Waals surface area contributed by atoms with E-state index in [1.807, 2.05) is 24.3 Å². The lowest BCUT2D eigenvalue weighted by molar-refractivity contribution is 0.101. The van der Waals surface area contributed by atoms with Crippen LogP contribution in [0.3, 0.4) is 0 Å². The van der Waals surface area contributed by atoms with E-state index in [4.69, 9.17) is 27.9 Å². The predicted octanol–water partition coefficient (Wildman–Crippen LogP) is 3.23. The van der Waals surface area contributed by atoms with E-state index >= 15 is 0 Å². The molecule has 1 atom stereocenters. The maximum absolute atomic E-state index is 11.8. The van der Waals surface area contributed by atoms with Gasteiger partial charge in [0, 0.05) is 26.2 Å². The van der Waals surface area contributed by atoms with Crippen LogP contribution in [0.25, 0.3) is 0 Å². The average molecular weight is 317 g/mol. The van der Waals surface area contributed by atoms with Gasteiger partial charge in [-0.1, -0.05) is 23.7 Å². The molecule has 0 aliphatic carbocycles. The fourth-order valence-corrected chi connectivity index (χ4v) is 2.43. The van der Waals surface area contributed by atoms with Gasteiger partial charge in [-0.2, -0.15) is 0 Å². The third-order valence-corrected chi connectivity index (χ3v) is 3.61. The smallest absolute Gasteiger partial charge is 0.409 e. The molecule has 4 nitrogen and oxygen atoms in total. The molecule has 1 unspecified atom stereocenters. The highest BCUT2D eigenvalue weighted by Crippen LogP contribution is 2.26. The largest absolute Gasteiger partial charge is 0.448 e. The van der Waals surface area contributed by atoms with Crippen molar-refractivity contribution in [3.05, 3.63) is 29.3 Å². The zero-order valence-corrected chi connectivity index (χ0v) is 12.9. The van der Waals surface area contributed by atoms with Crippen LogP contribution in [-0.4, -0.2) is 49.2 Å². The van der Waals surface area contributed by atoms with Crippen molar-refractivity contribution in [1.29, 1.82) is 0 Å². The molecule has 0 N–H and O–H groups in total. The number of hydrogen-bond donors (Lipinski definition) is 0. The molecule has 1 amide bonds. The summed E-state index contributed by atoms with van der Waals surface area (Å²) in [6.45, 7) is 4.78. The lowest BCUT2D eigenvalue weighted by Crippen LogP contribution is -2.49. The van der Waals surface area contributed by atoms with E-state index < -0.39 is 0 Å². The summed E-state index contributed by atoms with van der Waals surface area (Å²) in [5, 5.41) is 0.572. The third-order valence-electron chi connectivity index (χ3n) is 3.17. The van der Waals surface area contributed by atoms with Crippen LogP contribution in [0.15, 0.2) is 24.3 Å². The quantitative estimate of drug-likeness (QED) is 0.803. The van der Waals surface area contributed by atoms with Gasteiger partial charge in [0.2, 0.25) is 0 Å². The second-order valence-corrected chi connectivity index (χ2v) is 5.94. The fraction of sp³-hybridized carbons (Fsp3) is 0.500. The highest BCUT2D eigenvalue weighted by atomic mass is 35.5. The second kappa shape index (κ2) is 7.04. The van der Waals surface area contributed by atoms with Crippen molar-refractivity contribution in [1.82, 2.24) is 4.90 Å². The minimum Gasteiger partial charge on any atom is -0.448 e. The predicted molar refractivity (Wildman–Crippen MR) is 81.9 cm³/mol. The topological polar surface area (TPSA) is 32.8 Å². The van der Waals surface area contributed by atoms with Crippen molar-refractivity contribution < 1.29 is 9.53 Å². The fourth-order valence-electron chi connectivity index (χ4n) is 2.12. The van der Waals surface area contributed by atoms with Crippen LogP contribution >= 0.6 is 23.2 Å². The lowest BCUT2D eigenvalue weighted by Gasteiger charge is -2.35. The molecule has 1 fully saturated rings. The maximum Gasteiger partial charge on any atom is 0.409 e. The first kappa shape index (κ1) is 15.3. The van der Waals surface area contributed by atoms with Crippen molar-refractivity contribution in [3.8, 4) is 0 Å². The Labute approximate surface area is 129 Å². The van der Waals surface area contributed by atoms with Gasteiger partial charge in [0.15, 0.2) is 0 Å². The van der Waals surface area contributed by atoms with Crippen LogP contribution < -0.4 is 4.90 Å². The molecule has 1 aromatic carbocycles. The van der Waals surface area contributed by atoms with Gasteiger partial charge in [0.25, 0.3) is 0 Å². The van der Waals surface area contributed by atoms with Gasteiger partial charge in [-0.05, 0) is 19.1 Å². The van der Waals surface area contributed by atoms with Crippen molar-refractivity contribution in [2.24, 2.45) is 0 Å². The van der Waals surface area contributed by atoms with Crippen molar-refractivity contribution >= 4 is 35.0 Å². The molecule has 0 bridgehead atoms. The molecule has 1 heterocycles. The van der Waals surface area contributed by atoms with Crippen molar-refractivity contribution in [3.63, 3.8) is 0 Å². The minimum absolute atomic E-state index is 0.164. The number of para-hydroxylation sites is 1. The molecule has 2 rings (SSSR count). The second-order valence-electron chi connectivity index (χ2n) is 4.78. The Kier molecular flexibility index (Phi) is 5.38. The first-order valence-electron chi connectivity index (χ1n) is 6.63. The standard InChI is InChI=1S/C14H18Cl2N2O2/c1-11(15)10-20-14(19)18-8-6-17(7-9-18)13-5-3-2-4-12(13)16/h2-5,11H,6-10H2,1H3. The number of anilines is 1. The number of rotatable bonds is 3. The molecule has 0 aromatic heterocycles. The number of ether oxygens (including phenoxy) is 1. The summed E-state index contributed by atoms with van der Waals surface area (Å²) in [5.74, 6) is 0. The zero-order valence-electron chi connectivity index (χ0n) is 11.4. The highest BCUT2D eigenvalue weighted by molar-refractivity contribution is 6.33. The summed E-state index contributed by atoms with van der Waals surface area (Å²) in [6.07, 6.45) is -0.295. The molecule has 6 heteroatoms. The Morgan fingerprint density at radius 1 is 1.30 bits per heavy atom. The molecular weight excluding hydrogens is 299 g/mol. The van der Waals surface area contributed by atoms with E-state index in [2.05, 4.69) is 4.90 Å². The number of halogens is 2. The molecule has 1 aliphatic rings. The summed E-state index contributed by atoms with van der Waals surface area (Å²) in [6, 6.07) is 7.74. The first-order chi connectivity index (χ1) is 9.58. The Morgan fingerprint density at radius 3 is 2.55 bits per heavy atom.